The predicted molar refractivity (Wildman–Crippen MR) is 66.4 cm³/mol. The zero-order valence-corrected chi connectivity index (χ0v) is 9.93. The van der Waals surface area contributed by atoms with E-state index in [9.17, 15) is 14.9 Å². The molecule has 18 heavy (non-hydrogen) atoms. The van der Waals surface area contributed by atoms with Crippen LogP contribution in [0.15, 0.2) is 29.1 Å². The number of hydrogen-bond acceptors (Lipinski definition) is 4. The molecular formula is C12H11N3O3. The van der Waals surface area contributed by atoms with Gasteiger partial charge >= 0.3 is 0 Å². The van der Waals surface area contributed by atoms with E-state index in [0.29, 0.717) is 16.8 Å². The van der Waals surface area contributed by atoms with E-state index in [1.807, 2.05) is 0 Å². The third kappa shape index (κ3) is 2.00. The average Bonchev–Trinajstić information content (AvgIpc) is 2.36. The minimum absolute atomic E-state index is 0.00227. The van der Waals surface area contributed by atoms with Crippen LogP contribution in [-0.2, 0) is 0 Å². The number of nitrogens with one attached hydrogen (secondary N) is 1. The van der Waals surface area contributed by atoms with Gasteiger partial charge in [-0.2, -0.15) is 5.10 Å². The van der Waals surface area contributed by atoms with Gasteiger partial charge in [0.1, 0.15) is 0 Å². The Morgan fingerprint density at radius 2 is 2.00 bits per heavy atom. The summed E-state index contributed by atoms with van der Waals surface area (Å²) >= 11 is 0. The second-order valence-corrected chi connectivity index (χ2v) is 3.96. The van der Waals surface area contributed by atoms with Gasteiger partial charge in [0.2, 0.25) is 0 Å². The fourth-order valence-corrected chi connectivity index (χ4v) is 1.67. The number of nitro groups is 1. The molecule has 0 fully saturated rings. The molecule has 0 aliphatic carbocycles. The summed E-state index contributed by atoms with van der Waals surface area (Å²) in [5.41, 5.74) is 2.20. The van der Waals surface area contributed by atoms with E-state index < -0.39 is 4.92 Å². The molecule has 6 heteroatoms. The van der Waals surface area contributed by atoms with Crippen LogP contribution in [0.5, 0.6) is 0 Å². The third-order valence-electron chi connectivity index (χ3n) is 2.86. The summed E-state index contributed by atoms with van der Waals surface area (Å²) in [7, 11) is 0. The van der Waals surface area contributed by atoms with Gasteiger partial charge in [0.05, 0.1) is 10.6 Å². The largest absolute Gasteiger partial charge is 0.270 e. The molecule has 1 N–H and O–H groups in total. The standard InChI is InChI=1S/C12H11N3O3/c1-7-8(2)12(16)14-13-11(7)9-4-3-5-10(6-9)15(17)18/h3-6H,1-2H3,(H,14,16). The Kier molecular flexibility index (Phi) is 2.93. The van der Waals surface area contributed by atoms with Gasteiger partial charge in [-0.3, -0.25) is 14.9 Å². The lowest BCUT2D eigenvalue weighted by Crippen LogP contribution is -2.14. The summed E-state index contributed by atoms with van der Waals surface area (Å²) in [5, 5.41) is 17.0. The lowest BCUT2D eigenvalue weighted by molar-refractivity contribution is -0.384. The fraction of sp³-hybridized carbons (Fsp3) is 0.167. The molecule has 0 amide bonds. The summed E-state index contributed by atoms with van der Waals surface area (Å²) < 4.78 is 0. The summed E-state index contributed by atoms with van der Waals surface area (Å²) in [5.74, 6) is 0. The van der Waals surface area contributed by atoms with Crippen LogP contribution in [0, 0.1) is 24.0 Å². The van der Waals surface area contributed by atoms with Crippen LogP contribution >= 0.6 is 0 Å². The molecule has 1 aromatic heterocycles. The van der Waals surface area contributed by atoms with Gasteiger partial charge < -0.3 is 0 Å². The van der Waals surface area contributed by atoms with Gasteiger partial charge in [0, 0.05) is 23.3 Å². The van der Waals surface area contributed by atoms with Gasteiger partial charge in [0.25, 0.3) is 11.2 Å². The van der Waals surface area contributed by atoms with Crippen molar-refractivity contribution in [2.45, 2.75) is 13.8 Å². The van der Waals surface area contributed by atoms with Crippen LogP contribution in [0.3, 0.4) is 0 Å². The summed E-state index contributed by atoms with van der Waals surface area (Å²) in [6.07, 6.45) is 0. The van der Waals surface area contributed by atoms with E-state index in [-0.39, 0.29) is 11.2 Å². The normalized spacial score (nSPS) is 10.3. The topological polar surface area (TPSA) is 88.9 Å². The van der Waals surface area contributed by atoms with Crippen molar-refractivity contribution in [1.29, 1.82) is 0 Å². The van der Waals surface area contributed by atoms with E-state index in [0.717, 1.165) is 5.56 Å². The number of aromatic amines is 1. The number of hydrogen-bond donors (Lipinski definition) is 1. The molecule has 6 nitrogen and oxygen atoms in total. The molecule has 0 bridgehead atoms. The zero-order valence-electron chi connectivity index (χ0n) is 9.93. The van der Waals surface area contributed by atoms with Crippen LogP contribution in [0.4, 0.5) is 5.69 Å². The molecule has 2 aromatic rings. The summed E-state index contributed by atoms with van der Waals surface area (Å²) in [6, 6.07) is 6.17. The molecule has 2 rings (SSSR count). The van der Waals surface area contributed by atoms with Crippen molar-refractivity contribution in [2.24, 2.45) is 0 Å². The first-order valence-electron chi connectivity index (χ1n) is 5.31. The van der Waals surface area contributed by atoms with Gasteiger partial charge in [-0.25, -0.2) is 5.10 Å². The van der Waals surface area contributed by atoms with Crippen molar-refractivity contribution in [2.75, 3.05) is 0 Å². The number of nitro benzene ring substituents is 1. The zero-order chi connectivity index (χ0) is 13.3. The fourth-order valence-electron chi connectivity index (χ4n) is 1.67. The highest BCUT2D eigenvalue weighted by Crippen LogP contribution is 2.24. The van der Waals surface area contributed by atoms with E-state index in [1.54, 1.807) is 26.0 Å². The van der Waals surface area contributed by atoms with Crippen molar-refractivity contribution in [3.63, 3.8) is 0 Å². The Labute approximate surface area is 102 Å². The van der Waals surface area contributed by atoms with Crippen molar-refractivity contribution >= 4 is 5.69 Å². The second kappa shape index (κ2) is 4.40. The van der Waals surface area contributed by atoms with Crippen LogP contribution in [0.1, 0.15) is 11.1 Å². The Morgan fingerprint density at radius 3 is 2.67 bits per heavy atom. The first-order chi connectivity index (χ1) is 8.50. The lowest BCUT2D eigenvalue weighted by Gasteiger charge is -2.06. The van der Waals surface area contributed by atoms with Crippen molar-refractivity contribution in [3.05, 3.63) is 55.9 Å². The highest BCUT2D eigenvalue weighted by Gasteiger charge is 2.12. The number of H-pyrrole nitrogens is 1. The maximum absolute atomic E-state index is 11.4. The van der Waals surface area contributed by atoms with E-state index >= 15 is 0 Å². The molecule has 0 saturated heterocycles. The van der Waals surface area contributed by atoms with Crippen LogP contribution < -0.4 is 5.56 Å². The molecule has 1 heterocycles. The highest BCUT2D eigenvalue weighted by atomic mass is 16.6. The maximum atomic E-state index is 11.4. The quantitative estimate of drug-likeness (QED) is 0.647. The third-order valence-corrected chi connectivity index (χ3v) is 2.86. The van der Waals surface area contributed by atoms with Crippen LogP contribution in [0.25, 0.3) is 11.3 Å². The Balaban J connectivity index is 2.62. The van der Waals surface area contributed by atoms with Gasteiger partial charge in [-0.05, 0) is 19.4 Å². The lowest BCUT2D eigenvalue weighted by atomic mass is 10.0. The Morgan fingerprint density at radius 1 is 1.28 bits per heavy atom. The molecule has 0 spiro atoms. The molecule has 0 atom stereocenters. The second-order valence-electron chi connectivity index (χ2n) is 3.96. The van der Waals surface area contributed by atoms with Gasteiger partial charge in [-0.1, -0.05) is 12.1 Å². The van der Waals surface area contributed by atoms with Crippen molar-refractivity contribution in [3.8, 4) is 11.3 Å². The number of benzene rings is 1. The van der Waals surface area contributed by atoms with E-state index in [2.05, 4.69) is 10.2 Å². The average molecular weight is 245 g/mol. The monoisotopic (exact) mass is 245 g/mol. The highest BCUT2D eigenvalue weighted by molar-refractivity contribution is 5.65. The van der Waals surface area contributed by atoms with Crippen molar-refractivity contribution < 1.29 is 4.92 Å². The molecule has 92 valence electrons. The predicted octanol–water partition coefficient (Wildman–Crippen LogP) is 1.96. The molecular weight excluding hydrogens is 234 g/mol. The molecule has 0 aliphatic rings. The number of aromatic nitrogens is 2. The number of rotatable bonds is 2. The Hall–Kier alpha value is -2.50. The number of non-ortho nitro benzene ring substituents is 1. The van der Waals surface area contributed by atoms with Gasteiger partial charge in [0.15, 0.2) is 0 Å². The first-order valence-corrected chi connectivity index (χ1v) is 5.31. The molecule has 1 aromatic carbocycles. The number of nitrogens with zero attached hydrogens (tertiary/aromatic N) is 2. The maximum Gasteiger partial charge on any atom is 0.270 e. The van der Waals surface area contributed by atoms with Gasteiger partial charge in [-0.15, -0.1) is 0 Å². The smallest absolute Gasteiger partial charge is 0.268 e. The van der Waals surface area contributed by atoms with E-state index in [4.69, 9.17) is 0 Å². The SMILES string of the molecule is Cc1c(-c2cccc([N+](=O)[O-])c2)n[nH]c(=O)c1C. The minimum Gasteiger partial charge on any atom is -0.268 e. The summed E-state index contributed by atoms with van der Waals surface area (Å²) in [4.78, 5) is 21.6. The molecule has 0 saturated carbocycles. The van der Waals surface area contributed by atoms with Crippen LogP contribution in [-0.4, -0.2) is 15.1 Å². The Bertz CT molecular complexity index is 677. The molecule has 0 radical (unpaired) electrons. The van der Waals surface area contributed by atoms with Crippen LogP contribution in [0.2, 0.25) is 0 Å². The molecule has 0 aliphatic heterocycles. The first kappa shape index (κ1) is 12.0. The van der Waals surface area contributed by atoms with E-state index in [1.165, 1.54) is 12.1 Å². The molecule has 0 unspecified atom stereocenters. The minimum atomic E-state index is -0.461. The summed E-state index contributed by atoms with van der Waals surface area (Å²) in [6.45, 7) is 3.46. The van der Waals surface area contributed by atoms with Crippen molar-refractivity contribution in [1.82, 2.24) is 10.2 Å².